The second-order valence-corrected chi connectivity index (χ2v) is 1.70. The van der Waals surface area contributed by atoms with Crippen LogP contribution in [0, 0.1) is 0 Å². The molecule has 0 bridgehead atoms. The predicted octanol–water partition coefficient (Wildman–Crippen LogP) is -0.616. The van der Waals surface area contributed by atoms with Gasteiger partial charge in [-0.3, -0.25) is 0 Å². The molecule has 1 radical (unpaired) electrons. The van der Waals surface area contributed by atoms with Crippen molar-refractivity contribution < 1.29 is 21.7 Å². The van der Waals surface area contributed by atoms with Crippen molar-refractivity contribution in [3.63, 3.8) is 0 Å². The molecule has 3 heteroatoms. The summed E-state index contributed by atoms with van der Waals surface area (Å²) < 4.78 is 0. The van der Waals surface area contributed by atoms with Crippen LogP contribution in [0.1, 0.15) is 6.42 Å². The monoisotopic (exact) mass is 136 g/mol. The molecule has 0 fully saturated rings. The third-order valence-corrected chi connectivity index (χ3v) is 0.954. The van der Waals surface area contributed by atoms with E-state index in [9.17, 15) is 0 Å². The Kier molecular flexibility index (Phi) is 15.5. The van der Waals surface area contributed by atoms with Crippen molar-refractivity contribution in [1.29, 1.82) is 0 Å². The molecule has 35 valence electrons. The molecule has 0 aromatic carbocycles. The molecule has 0 spiro atoms. The molecule has 0 atom stereocenters. The van der Waals surface area contributed by atoms with Crippen molar-refractivity contribution >= 4 is 10.2 Å². The van der Waals surface area contributed by atoms with Crippen LogP contribution in [0.4, 0.5) is 0 Å². The van der Waals surface area contributed by atoms with Crippen molar-refractivity contribution in [2.75, 3.05) is 6.54 Å². The number of rotatable bonds is 2. The van der Waals surface area contributed by atoms with Crippen molar-refractivity contribution in [2.24, 2.45) is 5.73 Å². The van der Waals surface area contributed by atoms with Crippen LogP contribution < -0.4 is 5.73 Å². The molecule has 0 saturated carbocycles. The Morgan fingerprint density at radius 3 is 2.00 bits per heavy atom. The van der Waals surface area contributed by atoms with Crippen LogP contribution in [0.25, 0.3) is 0 Å². The van der Waals surface area contributed by atoms with Gasteiger partial charge in [-0.2, -0.15) is 0 Å². The summed E-state index contributed by atoms with van der Waals surface area (Å²) in [5.41, 5.74) is 5.14. The van der Waals surface area contributed by atoms with E-state index in [4.69, 9.17) is 5.73 Å². The van der Waals surface area contributed by atoms with E-state index >= 15 is 0 Å². The SMILES string of the molecule is NCCC[SiH2].[Ti]. The third kappa shape index (κ3) is 8.86. The zero-order valence-electron chi connectivity index (χ0n) is 3.91. The maximum absolute atomic E-state index is 5.14. The molecule has 2 N–H and O–H groups in total. The maximum Gasteiger partial charge on any atom is 0.00803 e. The molecule has 0 heterocycles. The van der Waals surface area contributed by atoms with Crippen molar-refractivity contribution in [3.8, 4) is 0 Å². The molecule has 1 nitrogen and oxygen atoms in total. The molecule has 0 unspecified atom stereocenters. The summed E-state index contributed by atoms with van der Waals surface area (Å²) in [4.78, 5) is 0. The first-order valence-electron chi connectivity index (χ1n) is 1.91. The average Bonchev–Trinajstić information content (AvgIpc) is 1.41. The van der Waals surface area contributed by atoms with E-state index in [1.807, 2.05) is 10.2 Å². The quantitative estimate of drug-likeness (QED) is 0.503. The predicted molar refractivity (Wildman–Crippen MR) is 27.0 cm³/mol. The first kappa shape index (κ1) is 10.00. The van der Waals surface area contributed by atoms with E-state index in [2.05, 4.69) is 0 Å². The number of nitrogens with two attached hydrogens (primary N) is 1. The van der Waals surface area contributed by atoms with Crippen LogP contribution >= 0.6 is 0 Å². The number of hydrogen-bond donors (Lipinski definition) is 1. The van der Waals surface area contributed by atoms with Crippen LogP contribution in [-0.4, -0.2) is 16.8 Å². The smallest absolute Gasteiger partial charge is 0.00803 e. The summed E-state index contributed by atoms with van der Waals surface area (Å²) in [7, 11) is 1.97. The van der Waals surface area contributed by atoms with Crippen LogP contribution in [-0.2, 0) is 21.7 Å². The van der Waals surface area contributed by atoms with Gasteiger partial charge in [-0.15, -0.1) is 0 Å². The van der Waals surface area contributed by atoms with Crippen LogP contribution in [0.3, 0.4) is 0 Å². The normalized spacial score (nSPS) is 7.00. The van der Waals surface area contributed by atoms with Gasteiger partial charge in [0.25, 0.3) is 0 Å². The minimum atomic E-state index is 0. The van der Waals surface area contributed by atoms with Crippen molar-refractivity contribution in [3.05, 3.63) is 0 Å². The summed E-state index contributed by atoms with van der Waals surface area (Å²) in [6, 6.07) is 1.25. The summed E-state index contributed by atoms with van der Waals surface area (Å²) in [5, 5.41) is 0. The third-order valence-electron chi connectivity index (χ3n) is 0.454. The Morgan fingerprint density at radius 1 is 1.50 bits per heavy atom. The Balaban J connectivity index is 0. The molecule has 0 amide bonds. The van der Waals surface area contributed by atoms with E-state index in [-0.39, 0.29) is 21.7 Å². The summed E-state index contributed by atoms with van der Waals surface area (Å²) in [5.74, 6) is 0. The first-order chi connectivity index (χ1) is 2.41. The van der Waals surface area contributed by atoms with Crippen LogP contribution in [0.15, 0.2) is 0 Å². The van der Waals surface area contributed by atoms with Gasteiger partial charge in [0.1, 0.15) is 0 Å². The average molecular weight is 136 g/mol. The fraction of sp³-hybridized carbons (Fsp3) is 1.00. The first-order valence-corrected chi connectivity index (χ1v) is 2.91. The zero-order chi connectivity index (χ0) is 4.12. The van der Waals surface area contributed by atoms with E-state index in [0.29, 0.717) is 0 Å². The Labute approximate surface area is 57.0 Å². The second kappa shape index (κ2) is 9.31. The molecule has 0 rings (SSSR count). The molecule has 6 heavy (non-hydrogen) atoms. The minimum Gasteiger partial charge on any atom is -0.330 e. The van der Waals surface area contributed by atoms with E-state index in [1.54, 1.807) is 0 Å². The van der Waals surface area contributed by atoms with Gasteiger partial charge < -0.3 is 5.73 Å². The molecule has 0 saturated heterocycles. The van der Waals surface area contributed by atoms with Gasteiger partial charge in [0.15, 0.2) is 0 Å². The van der Waals surface area contributed by atoms with Crippen molar-refractivity contribution in [2.45, 2.75) is 12.5 Å². The molecule has 0 aliphatic rings. The fourth-order valence-electron chi connectivity index (χ4n) is 0.144. The van der Waals surface area contributed by atoms with Gasteiger partial charge >= 0.3 is 0 Å². The van der Waals surface area contributed by atoms with Gasteiger partial charge in [0.05, 0.1) is 0 Å². The molecule has 0 aliphatic carbocycles. The summed E-state index contributed by atoms with van der Waals surface area (Å²) >= 11 is 0. The van der Waals surface area contributed by atoms with Gasteiger partial charge in [-0.25, -0.2) is 0 Å². The zero-order valence-corrected chi connectivity index (χ0v) is 6.88. The summed E-state index contributed by atoms with van der Waals surface area (Å²) in [6.45, 7) is 0.851. The van der Waals surface area contributed by atoms with E-state index in [0.717, 1.165) is 6.54 Å². The molecule has 0 aromatic rings. The van der Waals surface area contributed by atoms with Crippen LogP contribution in [0.2, 0.25) is 6.04 Å². The Morgan fingerprint density at radius 2 is 2.00 bits per heavy atom. The van der Waals surface area contributed by atoms with Gasteiger partial charge in [-0.05, 0) is 13.0 Å². The molecule has 0 aromatic heterocycles. The molecular formula is C3H10NSiTi. The Hall–Kier alpha value is 0.891. The van der Waals surface area contributed by atoms with E-state index in [1.165, 1.54) is 12.5 Å². The fourth-order valence-corrected chi connectivity index (χ4v) is 0.433. The van der Waals surface area contributed by atoms with E-state index < -0.39 is 0 Å². The molecular weight excluding hydrogens is 126 g/mol. The Bertz CT molecular complexity index is 18.3. The topological polar surface area (TPSA) is 26.0 Å². The van der Waals surface area contributed by atoms with Crippen molar-refractivity contribution in [1.82, 2.24) is 0 Å². The maximum atomic E-state index is 5.14. The second-order valence-electron chi connectivity index (χ2n) is 0.996. The molecule has 0 aliphatic heterocycles. The van der Waals surface area contributed by atoms with Gasteiger partial charge in [0, 0.05) is 32.0 Å². The van der Waals surface area contributed by atoms with Gasteiger partial charge in [-0.1, -0.05) is 6.04 Å². The minimum absolute atomic E-state index is 0. The van der Waals surface area contributed by atoms with Gasteiger partial charge in [0.2, 0.25) is 0 Å². The van der Waals surface area contributed by atoms with Crippen LogP contribution in [0.5, 0.6) is 0 Å². The number of hydrogen-bond acceptors (Lipinski definition) is 1. The largest absolute Gasteiger partial charge is 0.330 e. The summed E-state index contributed by atoms with van der Waals surface area (Å²) in [6.07, 6.45) is 1.18. The standard InChI is InChI=1S/C3H10NSi.Ti/c4-2-1-3-5;/h1-5H2;.